The standard InChI is InChI=1S/C34H49F3N2O3/c1-28(2)11-9-22-23(40)17-25-31(6)18-21(19-38)26(41)29(3,4)24(31)10-12-33(25,8)32(22,7)16-15-30(5,14-13-28)27(42)39-20-34(35,36)37/h18,22,24-25H,9-17,20H2,1-8H3,(H,39,42)/t22?,24-,25+,30-,31-,32+,33+/m0/s1. The normalized spacial score (nSPS) is 41.8. The lowest BCUT2D eigenvalue weighted by Crippen LogP contribution is -2.65. The van der Waals surface area contributed by atoms with Crippen LogP contribution in [0.5, 0.6) is 0 Å². The van der Waals surface area contributed by atoms with Crippen molar-refractivity contribution in [1.82, 2.24) is 5.32 Å². The minimum atomic E-state index is -4.49. The fraction of sp³-hybridized carbons (Fsp3) is 0.824. The number of alkyl halides is 3. The number of fused-ring (bicyclic) bond motifs is 5. The van der Waals surface area contributed by atoms with Crippen LogP contribution in [0.1, 0.15) is 113 Å². The molecule has 234 valence electrons. The maximum atomic E-state index is 14.2. The molecule has 5 nitrogen and oxygen atoms in total. The first kappa shape index (κ1) is 32.7. The zero-order chi connectivity index (χ0) is 31.7. The van der Waals surface area contributed by atoms with Crippen molar-refractivity contribution in [2.24, 2.45) is 50.2 Å². The second kappa shape index (κ2) is 10.2. The zero-order valence-corrected chi connectivity index (χ0v) is 26.7. The van der Waals surface area contributed by atoms with Gasteiger partial charge in [-0.1, -0.05) is 61.5 Å². The number of ketones is 2. The zero-order valence-electron chi connectivity index (χ0n) is 26.7. The summed E-state index contributed by atoms with van der Waals surface area (Å²) in [6, 6.07) is 2.14. The quantitative estimate of drug-likeness (QED) is 0.356. The Balaban J connectivity index is 1.80. The molecule has 4 aliphatic rings. The third-order valence-corrected chi connectivity index (χ3v) is 13.0. The Labute approximate surface area is 249 Å². The fourth-order valence-corrected chi connectivity index (χ4v) is 9.88. The SMILES string of the molecule is CC1(C)CCC2C(=O)C[C@@H]3[C@@]4(C)C=C(C#N)C(=O)C(C)(C)[C@@H]4CC[C@@]3(C)[C@]2(C)CC[C@@](C)(C(=O)NCC(F)(F)F)CC1. The van der Waals surface area contributed by atoms with E-state index in [-0.39, 0.29) is 45.7 Å². The predicted octanol–water partition coefficient (Wildman–Crippen LogP) is 7.74. The van der Waals surface area contributed by atoms with Crippen LogP contribution in [-0.4, -0.2) is 30.2 Å². The van der Waals surface area contributed by atoms with E-state index in [1.54, 1.807) is 6.92 Å². The average Bonchev–Trinajstić information content (AvgIpc) is 2.87. The molecule has 0 heterocycles. The van der Waals surface area contributed by atoms with Crippen molar-refractivity contribution in [1.29, 1.82) is 5.26 Å². The van der Waals surface area contributed by atoms with Crippen LogP contribution >= 0.6 is 0 Å². The Morgan fingerprint density at radius 3 is 2.12 bits per heavy atom. The Morgan fingerprint density at radius 2 is 1.52 bits per heavy atom. The molecule has 4 rings (SSSR count). The van der Waals surface area contributed by atoms with Gasteiger partial charge in [0.25, 0.3) is 0 Å². The van der Waals surface area contributed by atoms with E-state index in [0.29, 0.717) is 32.1 Å². The number of allylic oxidation sites excluding steroid dienone is 2. The fourth-order valence-electron chi connectivity index (χ4n) is 9.88. The molecule has 1 unspecified atom stereocenters. The second-order valence-corrected chi connectivity index (χ2v) is 16.3. The number of halogens is 3. The molecule has 42 heavy (non-hydrogen) atoms. The third-order valence-electron chi connectivity index (χ3n) is 13.0. The van der Waals surface area contributed by atoms with Gasteiger partial charge in [-0.25, -0.2) is 0 Å². The number of carbonyl (C=O) groups is 3. The smallest absolute Gasteiger partial charge is 0.347 e. The molecular weight excluding hydrogens is 541 g/mol. The summed E-state index contributed by atoms with van der Waals surface area (Å²) in [6.45, 7) is 15.1. The summed E-state index contributed by atoms with van der Waals surface area (Å²) in [7, 11) is 0. The van der Waals surface area contributed by atoms with E-state index >= 15 is 0 Å². The molecule has 0 aromatic heterocycles. The Kier molecular flexibility index (Phi) is 7.95. The molecule has 0 aliphatic heterocycles. The topological polar surface area (TPSA) is 87.0 Å². The average molecular weight is 591 g/mol. The van der Waals surface area contributed by atoms with Crippen molar-refractivity contribution >= 4 is 17.5 Å². The summed E-state index contributed by atoms with van der Waals surface area (Å²) in [4.78, 5) is 40.9. The number of rotatable bonds is 2. The van der Waals surface area contributed by atoms with Gasteiger partial charge >= 0.3 is 6.18 Å². The summed E-state index contributed by atoms with van der Waals surface area (Å²) in [5, 5.41) is 12.1. The largest absolute Gasteiger partial charge is 0.405 e. The molecule has 0 bridgehead atoms. The van der Waals surface area contributed by atoms with E-state index in [0.717, 1.165) is 25.7 Å². The van der Waals surface area contributed by atoms with Gasteiger partial charge < -0.3 is 5.32 Å². The molecule has 3 fully saturated rings. The maximum Gasteiger partial charge on any atom is 0.405 e. The van der Waals surface area contributed by atoms with E-state index in [4.69, 9.17) is 0 Å². The molecule has 0 aromatic carbocycles. The molecule has 0 radical (unpaired) electrons. The molecule has 4 aliphatic carbocycles. The van der Waals surface area contributed by atoms with Crippen LogP contribution in [0.3, 0.4) is 0 Å². The van der Waals surface area contributed by atoms with Gasteiger partial charge in [0.15, 0.2) is 5.78 Å². The van der Waals surface area contributed by atoms with Crippen LogP contribution in [0.4, 0.5) is 13.2 Å². The summed E-state index contributed by atoms with van der Waals surface area (Å²) in [6.07, 6.45) is 2.97. The van der Waals surface area contributed by atoms with Gasteiger partial charge in [0.1, 0.15) is 18.4 Å². The molecule has 7 atom stereocenters. The molecule has 1 N–H and O–H groups in total. The molecule has 8 heteroatoms. The molecule has 1 amide bonds. The number of hydrogen-bond acceptors (Lipinski definition) is 4. The lowest BCUT2D eigenvalue weighted by molar-refractivity contribution is -0.192. The van der Waals surface area contributed by atoms with E-state index in [2.05, 4.69) is 46.0 Å². The molecular formula is C34H49F3N2O3. The Hall–Kier alpha value is -2.17. The van der Waals surface area contributed by atoms with Crippen molar-refractivity contribution < 1.29 is 27.6 Å². The number of amides is 1. The van der Waals surface area contributed by atoms with E-state index in [1.807, 2.05) is 19.9 Å². The lowest BCUT2D eigenvalue weighted by Gasteiger charge is -2.68. The second-order valence-electron chi connectivity index (χ2n) is 16.3. The number of nitrogens with one attached hydrogen (secondary N) is 1. The van der Waals surface area contributed by atoms with Crippen LogP contribution in [0.2, 0.25) is 0 Å². The van der Waals surface area contributed by atoms with Crippen molar-refractivity contribution in [3.63, 3.8) is 0 Å². The summed E-state index contributed by atoms with van der Waals surface area (Å²) in [5.41, 5.74) is -3.13. The molecule has 0 aromatic rings. The summed E-state index contributed by atoms with van der Waals surface area (Å²) >= 11 is 0. The van der Waals surface area contributed by atoms with Gasteiger partial charge in [-0.05, 0) is 84.9 Å². The maximum absolute atomic E-state index is 14.2. The summed E-state index contributed by atoms with van der Waals surface area (Å²) < 4.78 is 39.2. The highest BCUT2D eigenvalue weighted by molar-refractivity contribution is 6.04. The van der Waals surface area contributed by atoms with Gasteiger partial charge in [-0.2, -0.15) is 18.4 Å². The van der Waals surface area contributed by atoms with E-state index in [1.165, 1.54) is 0 Å². The molecule has 3 saturated carbocycles. The predicted molar refractivity (Wildman–Crippen MR) is 155 cm³/mol. The highest BCUT2D eigenvalue weighted by Gasteiger charge is 2.68. The summed E-state index contributed by atoms with van der Waals surface area (Å²) in [5.74, 6) is -0.861. The number of nitrogens with zero attached hydrogens (tertiary/aromatic N) is 1. The number of Topliss-reactive ketones (excluding diaryl/α,β-unsaturated/α-hetero) is 2. The van der Waals surface area contributed by atoms with E-state index < -0.39 is 40.3 Å². The minimum Gasteiger partial charge on any atom is -0.347 e. The van der Waals surface area contributed by atoms with Gasteiger partial charge in [-0.15, -0.1) is 0 Å². The van der Waals surface area contributed by atoms with Gasteiger partial charge in [0.05, 0.1) is 5.57 Å². The first-order valence-electron chi connectivity index (χ1n) is 15.6. The molecule has 0 saturated heterocycles. The first-order chi connectivity index (χ1) is 19.1. The Morgan fingerprint density at radius 1 is 0.905 bits per heavy atom. The number of hydrogen-bond donors (Lipinski definition) is 1. The Bertz CT molecular complexity index is 1230. The number of nitriles is 1. The first-order valence-corrected chi connectivity index (χ1v) is 15.6. The number of carbonyl (C=O) groups excluding carboxylic acids is 3. The van der Waals surface area contributed by atoms with Crippen molar-refractivity contribution in [2.75, 3.05) is 6.54 Å². The monoisotopic (exact) mass is 590 g/mol. The van der Waals surface area contributed by atoms with Crippen molar-refractivity contribution in [3.05, 3.63) is 11.6 Å². The van der Waals surface area contributed by atoms with Crippen LogP contribution in [0, 0.1) is 61.6 Å². The van der Waals surface area contributed by atoms with Gasteiger partial charge in [-0.3, -0.25) is 14.4 Å². The molecule has 0 spiro atoms. The van der Waals surface area contributed by atoms with Gasteiger partial charge in [0.2, 0.25) is 5.91 Å². The van der Waals surface area contributed by atoms with Crippen LogP contribution in [0.15, 0.2) is 11.6 Å². The van der Waals surface area contributed by atoms with Crippen LogP contribution in [0.25, 0.3) is 0 Å². The highest BCUT2D eigenvalue weighted by Crippen LogP contribution is 2.72. The van der Waals surface area contributed by atoms with Crippen LogP contribution in [-0.2, 0) is 14.4 Å². The third kappa shape index (κ3) is 5.15. The minimum absolute atomic E-state index is 0.0162. The van der Waals surface area contributed by atoms with Crippen LogP contribution < -0.4 is 5.32 Å². The highest BCUT2D eigenvalue weighted by atomic mass is 19.4. The van der Waals surface area contributed by atoms with Crippen molar-refractivity contribution in [3.8, 4) is 6.07 Å². The van der Waals surface area contributed by atoms with Crippen molar-refractivity contribution in [2.45, 2.75) is 119 Å². The van der Waals surface area contributed by atoms with E-state index in [9.17, 15) is 32.8 Å². The lowest BCUT2D eigenvalue weighted by atomic mass is 9.35. The van der Waals surface area contributed by atoms with Gasteiger partial charge in [0, 0.05) is 23.2 Å².